The highest BCUT2D eigenvalue weighted by Gasteiger charge is 2.35. The van der Waals surface area contributed by atoms with Crippen LogP contribution in [-0.2, 0) is 10.0 Å². The number of aliphatic hydroxyl groups excluding tert-OH is 1. The third-order valence-electron chi connectivity index (χ3n) is 4.35. The van der Waals surface area contributed by atoms with Crippen molar-refractivity contribution in [1.29, 1.82) is 0 Å². The molecule has 0 radical (unpaired) electrons. The van der Waals surface area contributed by atoms with Crippen LogP contribution in [0, 0.1) is 0 Å². The molecule has 4 N–H and O–H groups in total. The SMILES string of the molecule is O=S(=O)(Nc1cccc2c1[NH2+]C1=C2CCCC1O)c1cccs1. The van der Waals surface area contributed by atoms with Gasteiger partial charge in [-0.3, -0.25) is 10.0 Å². The van der Waals surface area contributed by atoms with Gasteiger partial charge in [-0.1, -0.05) is 12.1 Å². The van der Waals surface area contributed by atoms with E-state index in [2.05, 4.69) is 4.72 Å². The first-order chi connectivity index (χ1) is 11.1. The van der Waals surface area contributed by atoms with Crippen LogP contribution >= 0.6 is 11.3 Å². The molecular weight excluding hydrogens is 332 g/mol. The Balaban J connectivity index is 1.72. The first-order valence-corrected chi connectivity index (χ1v) is 9.88. The number of quaternary nitrogens is 1. The van der Waals surface area contributed by atoms with Gasteiger partial charge in [0.15, 0.2) is 5.69 Å². The van der Waals surface area contributed by atoms with Gasteiger partial charge in [0, 0.05) is 11.1 Å². The van der Waals surface area contributed by atoms with Gasteiger partial charge in [-0.15, -0.1) is 11.3 Å². The summed E-state index contributed by atoms with van der Waals surface area (Å²) in [4.78, 5) is 0. The van der Waals surface area contributed by atoms with E-state index in [1.807, 2.05) is 17.4 Å². The van der Waals surface area contributed by atoms with Crippen molar-refractivity contribution in [3.63, 3.8) is 0 Å². The molecule has 1 aromatic heterocycles. The molecule has 2 aliphatic rings. The molecule has 120 valence electrons. The molecule has 1 aliphatic carbocycles. The maximum absolute atomic E-state index is 12.5. The smallest absolute Gasteiger partial charge is 0.271 e. The maximum atomic E-state index is 12.5. The number of nitrogens with one attached hydrogen (secondary N) is 1. The zero-order chi connectivity index (χ0) is 16.0. The van der Waals surface area contributed by atoms with Crippen LogP contribution in [0.15, 0.2) is 45.6 Å². The van der Waals surface area contributed by atoms with Crippen LogP contribution in [0.1, 0.15) is 24.8 Å². The molecule has 7 heteroatoms. The van der Waals surface area contributed by atoms with Crippen molar-refractivity contribution in [3.8, 4) is 0 Å². The second-order valence-corrected chi connectivity index (χ2v) is 8.65. The van der Waals surface area contributed by atoms with E-state index in [4.69, 9.17) is 0 Å². The molecule has 2 aromatic rings. The number of sulfonamides is 1. The Morgan fingerprint density at radius 2 is 2.13 bits per heavy atom. The highest BCUT2D eigenvalue weighted by atomic mass is 32.2. The average Bonchev–Trinajstić information content (AvgIpc) is 3.16. The van der Waals surface area contributed by atoms with Crippen LogP contribution in [0.25, 0.3) is 5.57 Å². The quantitative estimate of drug-likeness (QED) is 0.741. The van der Waals surface area contributed by atoms with E-state index >= 15 is 0 Å². The molecule has 4 rings (SSSR count). The number of fused-ring (bicyclic) bond motifs is 2. The number of hydrogen-bond acceptors (Lipinski definition) is 4. The van der Waals surface area contributed by atoms with Crippen molar-refractivity contribution in [2.45, 2.75) is 29.6 Å². The van der Waals surface area contributed by atoms with E-state index in [0.717, 1.165) is 41.8 Å². The fraction of sp³-hybridized carbons (Fsp3) is 0.250. The van der Waals surface area contributed by atoms with Crippen molar-refractivity contribution >= 4 is 38.3 Å². The molecule has 1 atom stereocenters. The maximum Gasteiger partial charge on any atom is 0.271 e. The Hall–Kier alpha value is -1.67. The number of hydrogen-bond donors (Lipinski definition) is 3. The Morgan fingerprint density at radius 1 is 1.26 bits per heavy atom. The summed E-state index contributed by atoms with van der Waals surface area (Å²) in [5.41, 5.74) is 4.55. The van der Waals surface area contributed by atoms with Gasteiger partial charge < -0.3 is 5.11 Å². The summed E-state index contributed by atoms with van der Waals surface area (Å²) in [6.07, 6.45) is 2.20. The minimum Gasteiger partial charge on any atom is -0.383 e. The van der Waals surface area contributed by atoms with Gasteiger partial charge in [0.25, 0.3) is 10.0 Å². The molecule has 1 unspecified atom stereocenters. The first-order valence-electron chi connectivity index (χ1n) is 7.52. The highest BCUT2D eigenvalue weighted by molar-refractivity contribution is 7.94. The second kappa shape index (κ2) is 5.45. The molecule has 23 heavy (non-hydrogen) atoms. The van der Waals surface area contributed by atoms with Gasteiger partial charge >= 0.3 is 0 Å². The van der Waals surface area contributed by atoms with E-state index in [1.54, 1.807) is 23.6 Å². The number of benzene rings is 1. The van der Waals surface area contributed by atoms with Gasteiger partial charge in [0.05, 0.1) is 0 Å². The van der Waals surface area contributed by atoms with Crippen molar-refractivity contribution in [1.82, 2.24) is 0 Å². The van der Waals surface area contributed by atoms with E-state index in [1.165, 1.54) is 11.3 Å². The topological polar surface area (TPSA) is 83.0 Å². The van der Waals surface area contributed by atoms with Gasteiger partial charge in [-0.2, -0.15) is 0 Å². The standard InChI is InChI=1S/C16H16N2O3S2/c19-13-7-2-5-11-10-4-1-6-12(15(10)17-16(11)13)18-23(20,21)14-8-3-9-22-14/h1,3-4,6,8-9,13,17-19H,2,5,7H2/p+1. The van der Waals surface area contributed by atoms with E-state index < -0.39 is 16.1 Å². The normalized spacial score (nSPS) is 20.3. The summed E-state index contributed by atoms with van der Waals surface area (Å²) in [5.74, 6) is 0. The summed E-state index contributed by atoms with van der Waals surface area (Å²) in [5, 5.41) is 13.9. The van der Waals surface area contributed by atoms with Gasteiger partial charge in [-0.25, -0.2) is 8.42 Å². The van der Waals surface area contributed by atoms with Crippen LogP contribution in [0.3, 0.4) is 0 Å². The Kier molecular flexibility index (Phi) is 3.53. The molecule has 1 aliphatic heterocycles. The van der Waals surface area contributed by atoms with Crippen molar-refractivity contribution in [2.75, 3.05) is 4.72 Å². The molecule has 1 aromatic carbocycles. The van der Waals surface area contributed by atoms with Crippen LogP contribution in [-0.4, -0.2) is 19.6 Å². The van der Waals surface area contributed by atoms with Crippen LogP contribution in [0.4, 0.5) is 11.4 Å². The van der Waals surface area contributed by atoms with Crippen LogP contribution in [0.2, 0.25) is 0 Å². The van der Waals surface area contributed by atoms with Gasteiger partial charge in [0.1, 0.15) is 21.7 Å². The molecule has 0 bridgehead atoms. The zero-order valence-electron chi connectivity index (χ0n) is 12.3. The molecule has 0 amide bonds. The fourth-order valence-electron chi connectivity index (χ4n) is 3.29. The molecule has 5 nitrogen and oxygen atoms in total. The van der Waals surface area contributed by atoms with Crippen molar-refractivity contribution in [3.05, 3.63) is 47.0 Å². The molecule has 0 saturated heterocycles. The molecule has 0 saturated carbocycles. The highest BCUT2D eigenvalue weighted by Crippen LogP contribution is 2.40. The average molecular weight is 349 g/mol. The predicted octanol–water partition coefficient (Wildman–Crippen LogP) is 2.01. The van der Waals surface area contributed by atoms with Crippen molar-refractivity contribution in [2.24, 2.45) is 0 Å². The number of thiophene rings is 1. The lowest BCUT2D eigenvalue weighted by Gasteiger charge is -2.16. The fourth-order valence-corrected chi connectivity index (χ4v) is 5.36. The van der Waals surface area contributed by atoms with Crippen LogP contribution < -0.4 is 10.0 Å². The monoisotopic (exact) mass is 349 g/mol. The largest absolute Gasteiger partial charge is 0.383 e. The van der Waals surface area contributed by atoms with Crippen molar-refractivity contribution < 1.29 is 18.8 Å². The second-order valence-electron chi connectivity index (χ2n) is 5.79. The Morgan fingerprint density at radius 3 is 2.91 bits per heavy atom. The Bertz CT molecular complexity index is 886. The number of para-hydroxylation sites is 1. The first kappa shape index (κ1) is 14.9. The third-order valence-corrected chi connectivity index (χ3v) is 7.11. The summed E-state index contributed by atoms with van der Waals surface area (Å²) >= 11 is 1.19. The molecule has 0 spiro atoms. The zero-order valence-corrected chi connectivity index (χ0v) is 14.0. The number of allylic oxidation sites excluding steroid dienone is 1. The van der Waals surface area contributed by atoms with Crippen LogP contribution in [0.5, 0.6) is 0 Å². The minimum absolute atomic E-state index is 0.297. The lowest BCUT2D eigenvalue weighted by atomic mass is 9.91. The number of aliphatic hydroxyl groups is 1. The predicted molar refractivity (Wildman–Crippen MR) is 89.9 cm³/mol. The van der Waals surface area contributed by atoms with E-state index in [0.29, 0.717) is 9.90 Å². The third kappa shape index (κ3) is 2.49. The number of nitrogens with two attached hydrogens (primary N) is 1. The molecule has 2 heterocycles. The summed E-state index contributed by atoms with van der Waals surface area (Å²) < 4.78 is 27.9. The van der Waals surface area contributed by atoms with Gasteiger partial charge in [-0.05, 0) is 42.8 Å². The summed E-state index contributed by atoms with van der Waals surface area (Å²) in [7, 11) is -3.57. The number of rotatable bonds is 3. The lowest BCUT2D eigenvalue weighted by Crippen LogP contribution is -2.77. The molecule has 0 fully saturated rings. The van der Waals surface area contributed by atoms with Gasteiger partial charge in [0.2, 0.25) is 0 Å². The minimum atomic E-state index is -3.57. The lowest BCUT2D eigenvalue weighted by molar-refractivity contribution is -0.521. The summed E-state index contributed by atoms with van der Waals surface area (Å²) in [6.45, 7) is 0. The van der Waals surface area contributed by atoms with E-state index in [9.17, 15) is 13.5 Å². The molecular formula is C16H17N2O3S2+. The van der Waals surface area contributed by atoms with E-state index in [-0.39, 0.29) is 0 Å². The summed E-state index contributed by atoms with van der Waals surface area (Å²) in [6, 6.07) is 8.93. The Labute approximate surface area is 138 Å². The number of anilines is 1.